The number of aromatic nitrogens is 2. The van der Waals surface area contributed by atoms with Gasteiger partial charge in [0.25, 0.3) is 5.56 Å². The van der Waals surface area contributed by atoms with E-state index < -0.39 is 0 Å². The number of hydrogen-bond donors (Lipinski definition) is 0. The predicted octanol–water partition coefficient (Wildman–Crippen LogP) is 2.12. The molecule has 88 valence electrons. The molecule has 0 unspecified atom stereocenters. The molecule has 0 atom stereocenters. The van der Waals surface area contributed by atoms with Gasteiger partial charge in [0.1, 0.15) is 17.4 Å². The maximum absolute atomic E-state index is 11.6. The van der Waals surface area contributed by atoms with Crippen LogP contribution in [0, 0.1) is 0 Å². The summed E-state index contributed by atoms with van der Waals surface area (Å²) in [6, 6.07) is 9.72. The van der Waals surface area contributed by atoms with Gasteiger partial charge in [-0.05, 0) is 21.5 Å². The van der Waals surface area contributed by atoms with Crippen LogP contribution in [0.15, 0.2) is 45.9 Å². The zero-order valence-electron chi connectivity index (χ0n) is 9.26. The molecule has 0 fully saturated rings. The van der Waals surface area contributed by atoms with E-state index in [0.29, 0.717) is 17.0 Å². The summed E-state index contributed by atoms with van der Waals surface area (Å²) in [7, 11) is 1.64. The van der Waals surface area contributed by atoms with Crippen LogP contribution in [0.5, 0.6) is 5.88 Å². The minimum absolute atomic E-state index is 0.164. The fourth-order valence-electron chi connectivity index (χ4n) is 1.32. The highest BCUT2D eigenvalue weighted by Crippen LogP contribution is 2.17. The van der Waals surface area contributed by atoms with Crippen LogP contribution in [0.25, 0.3) is 0 Å². The third kappa shape index (κ3) is 2.74. The van der Waals surface area contributed by atoms with Gasteiger partial charge in [0.2, 0.25) is 5.88 Å². The van der Waals surface area contributed by atoms with E-state index in [9.17, 15) is 4.79 Å². The molecule has 0 radical (unpaired) electrons. The van der Waals surface area contributed by atoms with Crippen molar-refractivity contribution in [3.8, 4) is 5.88 Å². The molecule has 2 aromatic rings. The first-order valence-electron chi connectivity index (χ1n) is 5.06. The van der Waals surface area contributed by atoms with Gasteiger partial charge >= 0.3 is 0 Å². The molecule has 0 saturated carbocycles. The lowest BCUT2D eigenvalue weighted by atomic mass is 10.2. The molecule has 17 heavy (non-hydrogen) atoms. The summed E-state index contributed by atoms with van der Waals surface area (Å²) in [6.45, 7) is 0.388. The molecule has 4 nitrogen and oxygen atoms in total. The number of nitrogens with zero attached hydrogens (tertiary/aromatic N) is 2. The lowest BCUT2D eigenvalue weighted by Gasteiger charge is -2.07. The minimum Gasteiger partial charge on any atom is -0.472 e. The van der Waals surface area contributed by atoms with Crippen LogP contribution in [0.3, 0.4) is 0 Å². The second-order valence-electron chi connectivity index (χ2n) is 3.55. The van der Waals surface area contributed by atoms with E-state index in [-0.39, 0.29) is 5.56 Å². The largest absolute Gasteiger partial charge is 0.472 e. The van der Waals surface area contributed by atoms with Gasteiger partial charge in [-0.3, -0.25) is 4.79 Å². The van der Waals surface area contributed by atoms with Gasteiger partial charge in [0.15, 0.2) is 0 Å². The Labute approximate surface area is 107 Å². The Bertz CT molecular complexity index is 566. The van der Waals surface area contributed by atoms with Gasteiger partial charge in [-0.15, -0.1) is 0 Å². The van der Waals surface area contributed by atoms with Gasteiger partial charge in [-0.25, -0.2) is 4.98 Å². The number of halogens is 1. The molecule has 0 aliphatic rings. The molecule has 1 heterocycles. The predicted molar refractivity (Wildman–Crippen MR) is 68.0 cm³/mol. The summed E-state index contributed by atoms with van der Waals surface area (Å²) in [5.41, 5.74) is 0.866. The van der Waals surface area contributed by atoms with E-state index in [1.807, 2.05) is 30.3 Å². The molecule has 1 aromatic heterocycles. The quantitative estimate of drug-likeness (QED) is 0.871. The Morgan fingerprint density at radius 2 is 2.06 bits per heavy atom. The van der Waals surface area contributed by atoms with Crippen molar-refractivity contribution in [2.24, 2.45) is 7.05 Å². The van der Waals surface area contributed by atoms with Crippen LogP contribution in [0.4, 0.5) is 0 Å². The number of rotatable bonds is 3. The molecular weight excluding hydrogens is 284 g/mol. The Hall–Kier alpha value is -1.62. The van der Waals surface area contributed by atoms with Crippen molar-refractivity contribution in [3.63, 3.8) is 0 Å². The molecule has 0 N–H and O–H groups in total. The van der Waals surface area contributed by atoms with E-state index in [1.54, 1.807) is 7.05 Å². The SMILES string of the molecule is Cn1cnc(OCc2ccccc2)c(Br)c1=O. The summed E-state index contributed by atoms with van der Waals surface area (Å²) in [6.07, 6.45) is 1.44. The molecule has 0 saturated heterocycles. The number of benzene rings is 1. The van der Waals surface area contributed by atoms with Crippen LogP contribution < -0.4 is 10.3 Å². The number of hydrogen-bond acceptors (Lipinski definition) is 3. The summed E-state index contributed by atoms with van der Waals surface area (Å²) in [5.74, 6) is 0.317. The third-order valence-electron chi connectivity index (χ3n) is 2.26. The lowest BCUT2D eigenvalue weighted by molar-refractivity contribution is 0.289. The van der Waals surface area contributed by atoms with Crippen LogP contribution >= 0.6 is 15.9 Å². The summed E-state index contributed by atoms with van der Waals surface area (Å²) in [4.78, 5) is 15.6. The topological polar surface area (TPSA) is 44.1 Å². The second kappa shape index (κ2) is 5.14. The zero-order valence-corrected chi connectivity index (χ0v) is 10.8. The highest BCUT2D eigenvalue weighted by Gasteiger charge is 2.08. The molecule has 0 amide bonds. The normalized spacial score (nSPS) is 10.2. The molecule has 0 bridgehead atoms. The average molecular weight is 295 g/mol. The van der Waals surface area contributed by atoms with Crippen molar-refractivity contribution in [2.45, 2.75) is 6.61 Å². The lowest BCUT2D eigenvalue weighted by Crippen LogP contribution is -2.18. The first kappa shape index (κ1) is 11.9. The van der Waals surface area contributed by atoms with Gasteiger partial charge in [0, 0.05) is 7.05 Å². The van der Waals surface area contributed by atoms with Crippen molar-refractivity contribution >= 4 is 15.9 Å². The zero-order chi connectivity index (χ0) is 12.3. The van der Waals surface area contributed by atoms with Gasteiger partial charge in [-0.2, -0.15) is 0 Å². The fourth-order valence-corrected chi connectivity index (χ4v) is 1.82. The minimum atomic E-state index is -0.164. The first-order valence-corrected chi connectivity index (χ1v) is 5.85. The van der Waals surface area contributed by atoms with Gasteiger partial charge in [0.05, 0.1) is 0 Å². The van der Waals surface area contributed by atoms with Crippen molar-refractivity contribution in [1.82, 2.24) is 9.55 Å². The van der Waals surface area contributed by atoms with Crippen LogP contribution in [-0.4, -0.2) is 9.55 Å². The van der Waals surface area contributed by atoms with Crippen molar-refractivity contribution in [3.05, 3.63) is 57.0 Å². The van der Waals surface area contributed by atoms with Crippen LogP contribution in [0.1, 0.15) is 5.56 Å². The molecule has 1 aromatic carbocycles. The monoisotopic (exact) mass is 294 g/mol. The maximum Gasteiger partial charge on any atom is 0.271 e. The van der Waals surface area contributed by atoms with E-state index in [0.717, 1.165) is 5.56 Å². The summed E-state index contributed by atoms with van der Waals surface area (Å²) < 4.78 is 7.22. The van der Waals surface area contributed by atoms with Crippen LogP contribution in [-0.2, 0) is 13.7 Å². The summed E-state index contributed by atoms with van der Waals surface area (Å²) in [5, 5.41) is 0. The standard InChI is InChI=1S/C12H11BrN2O2/c1-15-8-14-11(10(13)12(15)16)17-7-9-5-3-2-4-6-9/h2-6,8H,7H2,1H3. The number of ether oxygens (including phenoxy) is 1. The second-order valence-corrected chi connectivity index (χ2v) is 4.35. The van der Waals surface area contributed by atoms with E-state index in [1.165, 1.54) is 10.9 Å². The Morgan fingerprint density at radius 1 is 1.35 bits per heavy atom. The molecule has 0 aliphatic carbocycles. The highest BCUT2D eigenvalue weighted by atomic mass is 79.9. The average Bonchev–Trinajstić information content (AvgIpc) is 2.36. The third-order valence-corrected chi connectivity index (χ3v) is 2.94. The van der Waals surface area contributed by atoms with E-state index in [4.69, 9.17) is 4.74 Å². The maximum atomic E-state index is 11.6. The van der Waals surface area contributed by atoms with Crippen molar-refractivity contribution < 1.29 is 4.74 Å². The molecular formula is C12H11BrN2O2. The molecule has 2 rings (SSSR count). The van der Waals surface area contributed by atoms with Crippen LogP contribution in [0.2, 0.25) is 0 Å². The van der Waals surface area contributed by atoms with Crippen molar-refractivity contribution in [1.29, 1.82) is 0 Å². The molecule has 0 aliphatic heterocycles. The Kier molecular flexibility index (Phi) is 3.58. The first-order chi connectivity index (χ1) is 8.18. The smallest absolute Gasteiger partial charge is 0.271 e. The van der Waals surface area contributed by atoms with E-state index in [2.05, 4.69) is 20.9 Å². The summed E-state index contributed by atoms with van der Waals surface area (Å²) >= 11 is 3.18. The Balaban J connectivity index is 2.15. The fraction of sp³-hybridized carbons (Fsp3) is 0.167. The van der Waals surface area contributed by atoms with Crippen molar-refractivity contribution in [2.75, 3.05) is 0 Å². The highest BCUT2D eigenvalue weighted by molar-refractivity contribution is 9.10. The Morgan fingerprint density at radius 3 is 2.76 bits per heavy atom. The van der Waals surface area contributed by atoms with E-state index >= 15 is 0 Å². The molecule has 5 heteroatoms. The molecule has 0 spiro atoms. The van der Waals surface area contributed by atoms with Gasteiger partial charge < -0.3 is 9.30 Å². The van der Waals surface area contributed by atoms with Gasteiger partial charge in [-0.1, -0.05) is 30.3 Å². The number of aryl methyl sites for hydroxylation is 1.